The fraction of sp³-hybridized carbons (Fsp3) is 0.444. The van der Waals surface area contributed by atoms with Crippen LogP contribution >= 0.6 is 0 Å². The van der Waals surface area contributed by atoms with Crippen molar-refractivity contribution in [2.75, 3.05) is 20.2 Å². The number of hydrogen-bond acceptors (Lipinski definition) is 5. The van der Waals surface area contributed by atoms with E-state index in [1.54, 1.807) is 24.3 Å². The molecule has 25 heavy (non-hydrogen) atoms. The molecule has 2 heterocycles. The maximum absolute atomic E-state index is 12.4. The average molecular weight is 344 g/mol. The Labute approximate surface area is 145 Å². The van der Waals surface area contributed by atoms with Gasteiger partial charge < -0.3 is 9.64 Å². The number of ether oxygens (including phenoxy) is 1. The standard InChI is InChI=1S/C18H20N2O5/c1-25-18(24)14-8-4-10-19(14)15(21)9-5-11-20-16(22)12-6-2-3-7-13(12)17(20)23/h2-3,6-7,14H,4-5,8-11H2,1H3/t14-/m0/s1. The molecule has 1 saturated heterocycles. The Hall–Kier alpha value is -2.70. The third-order valence-corrected chi connectivity index (χ3v) is 4.70. The molecular formula is C18H20N2O5. The van der Waals surface area contributed by atoms with Gasteiger partial charge in [0.25, 0.3) is 11.8 Å². The maximum Gasteiger partial charge on any atom is 0.328 e. The highest BCUT2D eigenvalue weighted by Crippen LogP contribution is 2.23. The van der Waals surface area contributed by atoms with Crippen LogP contribution in [0.1, 0.15) is 46.4 Å². The molecule has 2 aliphatic heterocycles. The lowest BCUT2D eigenvalue weighted by atomic mass is 10.1. The van der Waals surface area contributed by atoms with E-state index >= 15 is 0 Å². The van der Waals surface area contributed by atoms with Crippen LogP contribution in [0.5, 0.6) is 0 Å². The fourth-order valence-electron chi connectivity index (χ4n) is 3.42. The molecule has 1 aromatic rings. The first kappa shape index (κ1) is 17.1. The summed E-state index contributed by atoms with van der Waals surface area (Å²) in [6.45, 7) is 0.723. The second-order valence-electron chi connectivity index (χ2n) is 6.18. The summed E-state index contributed by atoms with van der Waals surface area (Å²) < 4.78 is 4.73. The summed E-state index contributed by atoms with van der Waals surface area (Å²) in [5.41, 5.74) is 0.813. The smallest absolute Gasteiger partial charge is 0.328 e. The van der Waals surface area contributed by atoms with Crippen molar-refractivity contribution in [3.8, 4) is 0 Å². The number of carbonyl (C=O) groups excluding carboxylic acids is 4. The molecule has 3 amide bonds. The molecule has 1 aromatic carbocycles. The van der Waals surface area contributed by atoms with Gasteiger partial charge >= 0.3 is 5.97 Å². The summed E-state index contributed by atoms with van der Waals surface area (Å²) >= 11 is 0. The van der Waals surface area contributed by atoms with Crippen LogP contribution in [0, 0.1) is 0 Å². The first-order chi connectivity index (χ1) is 12.0. The van der Waals surface area contributed by atoms with Gasteiger partial charge in [0.1, 0.15) is 6.04 Å². The zero-order valence-electron chi connectivity index (χ0n) is 14.1. The number of amides is 3. The molecule has 7 heteroatoms. The number of esters is 1. The number of benzene rings is 1. The van der Waals surface area contributed by atoms with Crippen LogP contribution in [0.25, 0.3) is 0 Å². The first-order valence-corrected chi connectivity index (χ1v) is 8.37. The highest BCUT2D eigenvalue weighted by Gasteiger charge is 2.36. The van der Waals surface area contributed by atoms with Gasteiger partial charge in [0.2, 0.25) is 5.91 Å². The quantitative estimate of drug-likeness (QED) is 0.592. The Morgan fingerprint density at radius 2 is 1.80 bits per heavy atom. The minimum Gasteiger partial charge on any atom is -0.467 e. The Morgan fingerprint density at radius 1 is 1.16 bits per heavy atom. The van der Waals surface area contributed by atoms with E-state index in [1.165, 1.54) is 16.9 Å². The van der Waals surface area contributed by atoms with Crippen molar-refractivity contribution in [2.45, 2.75) is 31.7 Å². The molecule has 0 aliphatic carbocycles. The van der Waals surface area contributed by atoms with Crippen molar-refractivity contribution in [1.29, 1.82) is 0 Å². The summed E-state index contributed by atoms with van der Waals surface area (Å²) in [6.07, 6.45) is 1.93. The monoisotopic (exact) mass is 344 g/mol. The highest BCUT2D eigenvalue weighted by atomic mass is 16.5. The molecule has 0 N–H and O–H groups in total. The van der Waals surface area contributed by atoms with E-state index in [4.69, 9.17) is 4.74 Å². The van der Waals surface area contributed by atoms with Gasteiger partial charge in [-0.3, -0.25) is 19.3 Å². The first-order valence-electron chi connectivity index (χ1n) is 8.37. The summed E-state index contributed by atoms with van der Waals surface area (Å²) in [4.78, 5) is 51.3. The van der Waals surface area contributed by atoms with Crippen LogP contribution in [0.4, 0.5) is 0 Å². The van der Waals surface area contributed by atoms with Gasteiger partial charge in [0.15, 0.2) is 0 Å². The van der Waals surface area contributed by atoms with E-state index in [0.29, 0.717) is 30.5 Å². The summed E-state index contributed by atoms with van der Waals surface area (Å²) in [5.74, 6) is -1.18. The zero-order valence-corrected chi connectivity index (χ0v) is 14.1. The molecule has 7 nitrogen and oxygen atoms in total. The Balaban J connectivity index is 1.55. The fourth-order valence-corrected chi connectivity index (χ4v) is 3.42. The number of carbonyl (C=O) groups is 4. The van der Waals surface area contributed by atoms with Crippen LogP contribution in [-0.2, 0) is 14.3 Å². The SMILES string of the molecule is COC(=O)[C@@H]1CCCN1C(=O)CCCN1C(=O)c2ccccc2C1=O. The van der Waals surface area contributed by atoms with Gasteiger partial charge in [0.05, 0.1) is 18.2 Å². The largest absolute Gasteiger partial charge is 0.467 e. The normalized spacial score (nSPS) is 19.3. The summed E-state index contributed by atoms with van der Waals surface area (Å²) in [6, 6.07) is 6.18. The molecule has 0 radical (unpaired) electrons. The van der Waals surface area contributed by atoms with Crippen LogP contribution < -0.4 is 0 Å². The van der Waals surface area contributed by atoms with Crippen molar-refractivity contribution in [3.63, 3.8) is 0 Å². The van der Waals surface area contributed by atoms with Gasteiger partial charge in [-0.05, 0) is 31.4 Å². The number of hydrogen-bond donors (Lipinski definition) is 0. The lowest BCUT2D eigenvalue weighted by Gasteiger charge is -2.23. The molecule has 132 valence electrons. The lowest BCUT2D eigenvalue weighted by molar-refractivity contribution is -0.151. The summed E-state index contributed by atoms with van der Waals surface area (Å²) in [7, 11) is 1.31. The van der Waals surface area contributed by atoms with Crippen molar-refractivity contribution < 1.29 is 23.9 Å². The number of imide groups is 1. The molecule has 3 rings (SSSR count). The number of rotatable bonds is 5. The Bertz CT molecular complexity index is 695. The molecule has 0 unspecified atom stereocenters. The average Bonchev–Trinajstić information content (AvgIpc) is 3.21. The Kier molecular flexibility index (Phi) is 4.83. The van der Waals surface area contributed by atoms with E-state index in [1.807, 2.05) is 0 Å². The van der Waals surface area contributed by atoms with E-state index in [0.717, 1.165) is 6.42 Å². The topological polar surface area (TPSA) is 84.0 Å². The second-order valence-corrected chi connectivity index (χ2v) is 6.18. The molecule has 0 saturated carbocycles. The third-order valence-electron chi connectivity index (χ3n) is 4.70. The predicted octanol–water partition coefficient (Wildman–Crippen LogP) is 1.23. The molecule has 1 atom stereocenters. The second kappa shape index (κ2) is 7.04. The number of likely N-dealkylation sites (tertiary alicyclic amines) is 1. The van der Waals surface area contributed by atoms with Crippen molar-refractivity contribution in [2.24, 2.45) is 0 Å². The maximum atomic E-state index is 12.4. The van der Waals surface area contributed by atoms with Crippen LogP contribution in [-0.4, -0.2) is 59.7 Å². The predicted molar refractivity (Wildman–Crippen MR) is 87.8 cm³/mol. The molecule has 0 spiro atoms. The van der Waals surface area contributed by atoms with Gasteiger partial charge in [0, 0.05) is 19.5 Å². The number of methoxy groups -OCH3 is 1. The summed E-state index contributed by atoms with van der Waals surface area (Å²) in [5, 5.41) is 0. The Morgan fingerprint density at radius 3 is 2.40 bits per heavy atom. The molecule has 0 bridgehead atoms. The van der Waals surface area contributed by atoms with E-state index in [9.17, 15) is 19.2 Å². The highest BCUT2D eigenvalue weighted by molar-refractivity contribution is 6.21. The number of nitrogens with zero attached hydrogens (tertiary/aromatic N) is 2. The minimum atomic E-state index is -0.517. The van der Waals surface area contributed by atoms with Crippen molar-refractivity contribution in [3.05, 3.63) is 35.4 Å². The van der Waals surface area contributed by atoms with Crippen LogP contribution in [0.2, 0.25) is 0 Å². The van der Waals surface area contributed by atoms with Crippen molar-refractivity contribution >= 4 is 23.7 Å². The molecule has 0 aromatic heterocycles. The van der Waals surface area contributed by atoms with Gasteiger partial charge in [-0.25, -0.2) is 4.79 Å². The number of fused-ring (bicyclic) bond motifs is 1. The van der Waals surface area contributed by atoms with Crippen LogP contribution in [0.3, 0.4) is 0 Å². The van der Waals surface area contributed by atoms with Crippen LogP contribution in [0.15, 0.2) is 24.3 Å². The van der Waals surface area contributed by atoms with E-state index < -0.39 is 12.0 Å². The zero-order chi connectivity index (χ0) is 18.0. The third kappa shape index (κ3) is 3.14. The molecule has 2 aliphatic rings. The lowest BCUT2D eigenvalue weighted by Crippen LogP contribution is -2.41. The molecular weight excluding hydrogens is 324 g/mol. The van der Waals surface area contributed by atoms with E-state index in [2.05, 4.69) is 0 Å². The van der Waals surface area contributed by atoms with Crippen molar-refractivity contribution in [1.82, 2.24) is 9.80 Å². The van der Waals surface area contributed by atoms with Gasteiger partial charge in [-0.2, -0.15) is 0 Å². The van der Waals surface area contributed by atoms with Gasteiger partial charge in [-0.1, -0.05) is 12.1 Å². The minimum absolute atomic E-state index is 0.149. The molecule has 1 fully saturated rings. The van der Waals surface area contributed by atoms with Gasteiger partial charge in [-0.15, -0.1) is 0 Å². The van der Waals surface area contributed by atoms with E-state index in [-0.39, 0.29) is 30.7 Å².